The van der Waals surface area contributed by atoms with Crippen LogP contribution in [-0.2, 0) is 15.8 Å². The summed E-state index contributed by atoms with van der Waals surface area (Å²) >= 11 is 7.72. The predicted molar refractivity (Wildman–Crippen MR) is 156 cm³/mol. The Morgan fingerprint density at radius 2 is 1.73 bits per heavy atom. The molecule has 10 nitrogen and oxygen atoms in total. The highest BCUT2D eigenvalue weighted by molar-refractivity contribution is 8.00. The normalized spacial score (nSPS) is 18.7. The molecule has 1 N–H and O–H groups in total. The van der Waals surface area contributed by atoms with Crippen molar-refractivity contribution < 1.29 is 42.1 Å². The first kappa shape index (κ1) is 31.8. The van der Waals surface area contributed by atoms with Gasteiger partial charge in [-0.15, -0.1) is 22.0 Å². The van der Waals surface area contributed by atoms with Crippen molar-refractivity contribution in [3.63, 3.8) is 0 Å². The third kappa shape index (κ3) is 6.14. The molecule has 1 amide bonds. The summed E-state index contributed by atoms with van der Waals surface area (Å²) < 4.78 is 61.0. The number of likely N-dealkylation sites (tertiary alicyclic amines) is 1. The highest BCUT2D eigenvalue weighted by atomic mass is 35.5. The topological polar surface area (TPSA) is 116 Å². The molecule has 236 valence electrons. The fourth-order valence-corrected chi connectivity index (χ4v) is 7.53. The Morgan fingerprint density at radius 1 is 1.02 bits per heavy atom. The van der Waals surface area contributed by atoms with Crippen LogP contribution < -0.4 is 14.2 Å². The molecule has 0 radical (unpaired) electrons. The van der Waals surface area contributed by atoms with Gasteiger partial charge in [0.05, 0.1) is 37.5 Å². The third-order valence-corrected chi connectivity index (χ3v) is 9.54. The number of nitrogens with zero attached hydrogens (tertiary/aromatic N) is 4. The van der Waals surface area contributed by atoms with E-state index in [1.807, 2.05) is 0 Å². The van der Waals surface area contributed by atoms with Crippen molar-refractivity contribution in [1.29, 1.82) is 0 Å². The zero-order valence-electron chi connectivity index (χ0n) is 24.1. The van der Waals surface area contributed by atoms with Crippen LogP contribution in [0, 0.1) is 5.92 Å². The quantitative estimate of drug-likeness (QED) is 0.315. The van der Waals surface area contributed by atoms with Gasteiger partial charge in [-0.1, -0.05) is 23.7 Å². The molecular formula is C29H30ClF3N4O6S. The first-order chi connectivity index (χ1) is 21.0. The second-order valence-corrected chi connectivity index (χ2v) is 12.2. The molecule has 0 aliphatic carbocycles. The van der Waals surface area contributed by atoms with Crippen molar-refractivity contribution in [2.45, 2.75) is 42.4 Å². The molecule has 2 atom stereocenters. The number of carbonyl (C=O) groups is 2. The van der Waals surface area contributed by atoms with E-state index < -0.39 is 28.5 Å². The van der Waals surface area contributed by atoms with Crippen molar-refractivity contribution >= 4 is 35.2 Å². The van der Waals surface area contributed by atoms with Crippen molar-refractivity contribution in [2.75, 3.05) is 34.4 Å². The van der Waals surface area contributed by atoms with E-state index >= 15 is 0 Å². The molecule has 1 saturated heterocycles. The summed E-state index contributed by atoms with van der Waals surface area (Å²) in [5.41, 5.74) is 1.01. The molecular weight excluding hydrogens is 625 g/mol. The molecule has 0 spiro atoms. The van der Waals surface area contributed by atoms with E-state index in [0.717, 1.165) is 4.57 Å². The number of alkyl halides is 3. The highest BCUT2D eigenvalue weighted by Gasteiger charge is 2.45. The number of aliphatic carboxylic acids is 1. The van der Waals surface area contributed by atoms with E-state index in [1.165, 1.54) is 39.2 Å². The summed E-state index contributed by atoms with van der Waals surface area (Å²) in [7, 11) is 4.28. The summed E-state index contributed by atoms with van der Waals surface area (Å²) in [6.07, 6.45) is -4.00. The molecule has 0 saturated carbocycles. The van der Waals surface area contributed by atoms with Crippen LogP contribution in [0.1, 0.15) is 59.0 Å². The van der Waals surface area contributed by atoms with Gasteiger partial charge in [0, 0.05) is 42.6 Å². The van der Waals surface area contributed by atoms with Crippen LogP contribution in [0.5, 0.6) is 17.2 Å². The lowest BCUT2D eigenvalue weighted by Crippen LogP contribution is -2.39. The molecule has 3 heterocycles. The molecule has 1 aromatic heterocycles. The molecule has 2 aromatic carbocycles. The number of para-hydroxylation sites is 1. The van der Waals surface area contributed by atoms with Crippen LogP contribution >= 0.6 is 23.4 Å². The molecule has 2 aliphatic heterocycles. The number of carbonyl (C=O) groups excluding carboxylic acids is 1. The number of hydrogen-bond acceptors (Lipinski definition) is 8. The Morgan fingerprint density at radius 3 is 2.34 bits per heavy atom. The summed E-state index contributed by atoms with van der Waals surface area (Å²) in [5, 5.41) is 15.3. The minimum atomic E-state index is -4.88. The SMILES string of the molecule is COc1cccc([C@H]2S[C@H](CC(=O)N3CCC(CC(=O)O)CC3)c3nnc(C(F)(F)F)n3-c3c(OC)cc(Cl)cc32)c1OC. The second kappa shape index (κ2) is 12.8. The molecule has 15 heteroatoms. The number of hydrogen-bond donors (Lipinski definition) is 1. The van der Waals surface area contributed by atoms with Crippen LogP contribution in [0.3, 0.4) is 0 Å². The average Bonchev–Trinajstić information content (AvgIpc) is 3.39. The fourth-order valence-electron chi connectivity index (χ4n) is 5.82. The molecule has 0 unspecified atom stereocenters. The summed E-state index contributed by atoms with van der Waals surface area (Å²) in [4.78, 5) is 26.4. The molecule has 0 bridgehead atoms. The van der Waals surface area contributed by atoms with Gasteiger partial charge in [-0.25, -0.2) is 0 Å². The van der Waals surface area contributed by atoms with Gasteiger partial charge < -0.3 is 24.2 Å². The van der Waals surface area contributed by atoms with Gasteiger partial charge in [0.2, 0.25) is 11.7 Å². The molecule has 5 rings (SSSR count). The van der Waals surface area contributed by atoms with Crippen molar-refractivity contribution in [2.24, 2.45) is 5.92 Å². The number of benzene rings is 2. The van der Waals surface area contributed by atoms with Gasteiger partial charge in [0.1, 0.15) is 5.75 Å². The van der Waals surface area contributed by atoms with Crippen LogP contribution in [0.2, 0.25) is 5.02 Å². The van der Waals surface area contributed by atoms with Gasteiger partial charge in [0.25, 0.3) is 0 Å². The fraction of sp³-hybridized carbons (Fsp3) is 0.448. The number of fused-ring (bicyclic) bond motifs is 3. The lowest BCUT2D eigenvalue weighted by atomic mass is 9.93. The van der Waals surface area contributed by atoms with Gasteiger partial charge in [-0.2, -0.15) is 13.2 Å². The van der Waals surface area contributed by atoms with Crippen LogP contribution in [0.15, 0.2) is 30.3 Å². The number of aromatic nitrogens is 3. The maximum atomic E-state index is 14.4. The monoisotopic (exact) mass is 654 g/mol. The van der Waals surface area contributed by atoms with E-state index in [4.69, 9.17) is 30.9 Å². The minimum Gasteiger partial charge on any atom is -0.494 e. The van der Waals surface area contributed by atoms with Crippen LogP contribution in [0.4, 0.5) is 13.2 Å². The van der Waals surface area contributed by atoms with E-state index in [-0.39, 0.29) is 47.0 Å². The number of carboxylic acids is 1. The highest BCUT2D eigenvalue weighted by Crippen LogP contribution is 2.56. The summed E-state index contributed by atoms with van der Waals surface area (Å²) in [6, 6.07) is 8.21. The number of piperidine rings is 1. The van der Waals surface area contributed by atoms with Crippen molar-refractivity contribution in [1.82, 2.24) is 19.7 Å². The number of rotatable bonds is 8. The Bertz CT molecular complexity index is 1560. The minimum absolute atomic E-state index is 0.0243. The molecule has 1 fully saturated rings. The Hall–Kier alpha value is -3.65. The van der Waals surface area contributed by atoms with Crippen molar-refractivity contribution in [3.8, 4) is 22.9 Å². The number of ether oxygens (including phenoxy) is 3. The van der Waals surface area contributed by atoms with Crippen LogP contribution in [0.25, 0.3) is 5.69 Å². The predicted octanol–water partition coefficient (Wildman–Crippen LogP) is 5.95. The van der Waals surface area contributed by atoms with E-state index in [1.54, 1.807) is 29.2 Å². The lowest BCUT2D eigenvalue weighted by Gasteiger charge is -2.32. The largest absolute Gasteiger partial charge is 0.494 e. The number of halogens is 4. The molecule has 3 aromatic rings. The third-order valence-electron chi connectivity index (χ3n) is 7.83. The van der Waals surface area contributed by atoms with E-state index in [2.05, 4.69) is 10.2 Å². The van der Waals surface area contributed by atoms with Gasteiger partial charge in [-0.3, -0.25) is 14.2 Å². The van der Waals surface area contributed by atoms with E-state index in [9.17, 15) is 22.8 Å². The zero-order chi connectivity index (χ0) is 31.8. The smallest absolute Gasteiger partial charge is 0.452 e. The average molecular weight is 655 g/mol. The number of thioether (sulfide) groups is 1. The standard InChI is InChI=1S/C29H30ClF3N4O6S/c1-41-19-6-4-5-17(25(19)43-3)26-18-12-16(30)13-20(42-2)24(18)37-27(34-35-28(37)29(31,32)33)21(44-26)14-22(38)36-9-7-15(8-10-36)11-23(39)40/h4-6,12-13,15,21,26H,7-11,14H2,1-3H3,(H,39,40)/t21-,26-/m1/s1. The van der Waals surface area contributed by atoms with Gasteiger partial charge in [-0.05, 0) is 36.5 Å². The Balaban J connectivity index is 1.65. The zero-order valence-corrected chi connectivity index (χ0v) is 25.6. The second-order valence-electron chi connectivity index (χ2n) is 10.5. The molecule has 44 heavy (non-hydrogen) atoms. The summed E-state index contributed by atoms with van der Waals surface area (Å²) in [6.45, 7) is 0.705. The Labute approximate surface area is 260 Å². The lowest BCUT2D eigenvalue weighted by molar-refractivity contribution is -0.146. The van der Waals surface area contributed by atoms with Crippen molar-refractivity contribution in [3.05, 3.63) is 58.1 Å². The summed E-state index contributed by atoms with van der Waals surface area (Å²) in [5.74, 6) is -1.70. The molecule has 2 aliphatic rings. The number of amides is 1. The number of methoxy groups -OCH3 is 3. The van der Waals surface area contributed by atoms with Crippen LogP contribution in [-0.4, -0.2) is 71.1 Å². The van der Waals surface area contributed by atoms with Gasteiger partial charge >= 0.3 is 12.1 Å². The number of carboxylic acid groups (broad SMARTS) is 1. The first-order valence-corrected chi connectivity index (χ1v) is 15.0. The first-order valence-electron chi connectivity index (χ1n) is 13.7. The maximum absolute atomic E-state index is 14.4. The van der Waals surface area contributed by atoms with Gasteiger partial charge in [0.15, 0.2) is 17.3 Å². The Kier molecular flexibility index (Phi) is 9.21. The maximum Gasteiger partial charge on any atom is 0.452 e. The van der Waals surface area contributed by atoms with E-state index in [0.29, 0.717) is 48.6 Å².